The normalized spacial score (nSPS) is 11.5. The molecule has 0 fully saturated rings. The van der Waals surface area contributed by atoms with Crippen molar-refractivity contribution in [2.24, 2.45) is 0 Å². The van der Waals surface area contributed by atoms with Gasteiger partial charge in [-0.05, 0) is 31.2 Å². The Labute approximate surface area is 123 Å². The summed E-state index contributed by atoms with van der Waals surface area (Å²) < 4.78 is 15.8. The van der Waals surface area contributed by atoms with E-state index in [0.29, 0.717) is 22.9 Å². The van der Waals surface area contributed by atoms with E-state index in [1.165, 1.54) is 0 Å². The molecule has 0 bridgehead atoms. The Morgan fingerprint density at radius 3 is 2.43 bits per heavy atom. The molecule has 0 spiro atoms. The number of ether oxygens (including phenoxy) is 3. The number of carbonyl (C=O) groups excluding carboxylic acids is 1. The van der Waals surface area contributed by atoms with Gasteiger partial charge in [-0.2, -0.15) is 0 Å². The Kier molecular flexibility index (Phi) is 4.66. The molecule has 0 amide bonds. The summed E-state index contributed by atoms with van der Waals surface area (Å²) in [4.78, 5) is 12.0. The van der Waals surface area contributed by atoms with E-state index in [-0.39, 0.29) is 0 Å². The summed E-state index contributed by atoms with van der Waals surface area (Å²) in [5, 5.41) is 0. The number of hydrogen-bond donors (Lipinski definition) is 1. The number of hydrogen-bond acceptors (Lipinski definition) is 5. The van der Waals surface area contributed by atoms with Gasteiger partial charge in [0.1, 0.15) is 17.2 Å². The second-order valence-corrected chi connectivity index (χ2v) is 4.43. The maximum Gasteiger partial charge on any atom is 0.352 e. The van der Waals surface area contributed by atoms with Crippen molar-refractivity contribution in [3.8, 4) is 17.2 Å². The number of anilines is 1. The summed E-state index contributed by atoms with van der Waals surface area (Å²) in [6.07, 6.45) is -0.752. The van der Waals surface area contributed by atoms with Crippen molar-refractivity contribution in [2.75, 3.05) is 12.8 Å². The second-order valence-electron chi connectivity index (χ2n) is 4.43. The largest absolute Gasteiger partial charge is 0.497 e. The van der Waals surface area contributed by atoms with Crippen molar-refractivity contribution in [1.29, 1.82) is 0 Å². The van der Waals surface area contributed by atoms with Crippen LogP contribution in [0.25, 0.3) is 0 Å². The third-order valence-corrected chi connectivity index (χ3v) is 2.76. The first-order valence-electron chi connectivity index (χ1n) is 6.46. The maximum absolute atomic E-state index is 12.0. The lowest BCUT2D eigenvalue weighted by Crippen LogP contribution is -2.28. The van der Waals surface area contributed by atoms with Gasteiger partial charge in [0.25, 0.3) is 0 Å². The van der Waals surface area contributed by atoms with Crippen LogP contribution < -0.4 is 19.9 Å². The first-order valence-corrected chi connectivity index (χ1v) is 6.46. The third kappa shape index (κ3) is 4.14. The molecule has 21 heavy (non-hydrogen) atoms. The smallest absolute Gasteiger partial charge is 0.352 e. The van der Waals surface area contributed by atoms with Crippen molar-refractivity contribution in [2.45, 2.75) is 13.0 Å². The molecule has 1 unspecified atom stereocenters. The third-order valence-electron chi connectivity index (χ3n) is 2.76. The number of carbonyl (C=O) groups is 1. The van der Waals surface area contributed by atoms with Crippen LogP contribution in [0.3, 0.4) is 0 Å². The summed E-state index contributed by atoms with van der Waals surface area (Å²) in [7, 11) is 1.55. The lowest BCUT2D eigenvalue weighted by Gasteiger charge is -2.14. The van der Waals surface area contributed by atoms with Crippen LogP contribution in [0.2, 0.25) is 0 Å². The monoisotopic (exact) mass is 287 g/mol. The lowest BCUT2D eigenvalue weighted by molar-refractivity contribution is -0.141. The summed E-state index contributed by atoms with van der Waals surface area (Å²) >= 11 is 0. The van der Waals surface area contributed by atoms with E-state index in [4.69, 9.17) is 19.9 Å². The molecule has 0 heterocycles. The molecule has 1 atom stereocenters. The van der Waals surface area contributed by atoms with Crippen molar-refractivity contribution in [1.82, 2.24) is 0 Å². The molecule has 0 aliphatic carbocycles. The zero-order valence-electron chi connectivity index (χ0n) is 11.9. The minimum Gasteiger partial charge on any atom is -0.497 e. The molecule has 0 saturated heterocycles. The molecule has 0 aromatic heterocycles. The van der Waals surface area contributed by atoms with Gasteiger partial charge in [-0.3, -0.25) is 0 Å². The Bertz CT molecular complexity index is 627. The number of rotatable bonds is 5. The molecule has 2 aromatic carbocycles. The number of nitrogens with two attached hydrogens (primary N) is 1. The van der Waals surface area contributed by atoms with E-state index in [9.17, 15) is 4.79 Å². The van der Waals surface area contributed by atoms with Crippen LogP contribution in [-0.2, 0) is 4.79 Å². The van der Waals surface area contributed by atoms with Gasteiger partial charge in [0.05, 0.1) is 7.11 Å². The van der Waals surface area contributed by atoms with E-state index < -0.39 is 12.1 Å². The topological polar surface area (TPSA) is 70.8 Å². The number of methoxy groups -OCH3 is 1. The molecule has 0 saturated carbocycles. The fraction of sp³-hybridized carbons (Fsp3) is 0.188. The highest BCUT2D eigenvalue weighted by Crippen LogP contribution is 2.20. The van der Waals surface area contributed by atoms with Crippen LogP contribution in [0.1, 0.15) is 6.92 Å². The Morgan fingerprint density at radius 2 is 1.71 bits per heavy atom. The van der Waals surface area contributed by atoms with Gasteiger partial charge >= 0.3 is 5.97 Å². The summed E-state index contributed by atoms with van der Waals surface area (Å²) in [6, 6.07) is 13.7. The highest BCUT2D eigenvalue weighted by molar-refractivity contribution is 5.77. The van der Waals surface area contributed by atoms with Gasteiger partial charge in [-0.25, -0.2) is 4.79 Å². The molecule has 5 heteroatoms. The van der Waals surface area contributed by atoms with Crippen LogP contribution in [0.5, 0.6) is 17.2 Å². The van der Waals surface area contributed by atoms with Crippen molar-refractivity contribution in [3.05, 3.63) is 48.5 Å². The molecule has 0 aliphatic heterocycles. The number of nitrogen functional groups attached to an aromatic ring is 1. The predicted molar refractivity (Wildman–Crippen MR) is 79.6 cm³/mol. The lowest BCUT2D eigenvalue weighted by atomic mass is 10.3. The number of benzene rings is 2. The molecule has 0 aliphatic rings. The zero-order valence-corrected chi connectivity index (χ0v) is 11.9. The molecule has 5 nitrogen and oxygen atoms in total. The van der Waals surface area contributed by atoms with Crippen LogP contribution in [0, 0.1) is 0 Å². The summed E-state index contributed by atoms with van der Waals surface area (Å²) in [6.45, 7) is 1.62. The highest BCUT2D eigenvalue weighted by Gasteiger charge is 2.17. The Morgan fingerprint density at radius 1 is 1.05 bits per heavy atom. The quantitative estimate of drug-likeness (QED) is 0.520. The fourth-order valence-corrected chi connectivity index (χ4v) is 1.70. The standard InChI is InChI=1S/C16H17NO4/c1-11(20-14-7-3-5-12(17)9-14)16(18)21-15-8-4-6-13(10-15)19-2/h3-11H,17H2,1-2H3. The van der Waals surface area contributed by atoms with Crippen molar-refractivity contribution < 1.29 is 19.0 Å². The van der Waals surface area contributed by atoms with E-state index in [1.807, 2.05) is 0 Å². The van der Waals surface area contributed by atoms with E-state index >= 15 is 0 Å². The average Bonchev–Trinajstić information content (AvgIpc) is 2.47. The van der Waals surface area contributed by atoms with Gasteiger partial charge in [-0.1, -0.05) is 12.1 Å². The van der Waals surface area contributed by atoms with Crippen LogP contribution >= 0.6 is 0 Å². The highest BCUT2D eigenvalue weighted by atomic mass is 16.6. The van der Waals surface area contributed by atoms with E-state index in [1.54, 1.807) is 62.6 Å². The average molecular weight is 287 g/mol. The van der Waals surface area contributed by atoms with E-state index in [0.717, 1.165) is 0 Å². The summed E-state index contributed by atoms with van der Waals surface area (Å²) in [5.74, 6) is 1.04. The van der Waals surface area contributed by atoms with Gasteiger partial charge in [-0.15, -0.1) is 0 Å². The van der Waals surface area contributed by atoms with Crippen LogP contribution in [-0.4, -0.2) is 19.2 Å². The van der Waals surface area contributed by atoms with Crippen molar-refractivity contribution >= 4 is 11.7 Å². The first-order chi connectivity index (χ1) is 10.1. The van der Waals surface area contributed by atoms with Crippen LogP contribution in [0.15, 0.2) is 48.5 Å². The van der Waals surface area contributed by atoms with Crippen molar-refractivity contribution in [3.63, 3.8) is 0 Å². The van der Waals surface area contributed by atoms with Gasteiger partial charge in [0.15, 0.2) is 6.10 Å². The second kappa shape index (κ2) is 6.65. The first kappa shape index (κ1) is 14.7. The van der Waals surface area contributed by atoms with Gasteiger partial charge < -0.3 is 19.9 Å². The zero-order chi connectivity index (χ0) is 15.2. The molecular formula is C16H17NO4. The molecule has 0 radical (unpaired) electrons. The Hall–Kier alpha value is -2.69. The Balaban J connectivity index is 1.99. The molecule has 110 valence electrons. The molecule has 2 rings (SSSR count). The summed E-state index contributed by atoms with van der Waals surface area (Å²) in [5.41, 5.74) is 6.23. The van der Waals surface area contributed by atoms with Gasteiger partial charge in [0.2, 0.25) is 0 Å². The molecule has 2 N–H and O–H groups in total. The minimum absolute atomic E-state index is 0.405. The van der Waals surface area contributed by atoms with Crippen LogP contribution in [0.4, 0.5) is 5.69 Å². The van der Waals surface area contributed by atoms with E-state index in [2.05, 4.69) is 0 Å². The molecule has 2 aromatic rings. The molecular weight excluding hydrogens is 270 g/mol. The fourth-order valence-electron chi connectivity index (χ4n) is 1.70. The maximum atomic E-state index is 12.0. The SMILES string of the molecule is COc1cccc(OC(=O)C(C)Oc2cccc(N)c2)c1. The van der Waals surface area contributed by atoms with Gasteiger partial charge in [0, 0.05) is 17.8 Å². The number of esters is 1. The predicted octanol–water partition coefficient (Wildman–Crippen LogP) is 2.65. The minimum atomic E-state index is -0.752.